The Balaban J connectivity index is 2.65. The average Bonchev–Trinajstić information content (AvgIpc) is 2.34. The smallest absolute Gasteiger partial charge is 0.247 e. The van der Waals surface area contributed by atoms with Crippen molar-refractivity contribution in [2.24, 2.45) is 0 Å². The first kappa shape index (κ1) is 15.0. The zero-order valence-corrected chi connectivity index (χ0v) is 11.9. The largest absolute Gasteiger partial charge is 0.348 e. The fourth-order valence-electron chi connectivity index (χ4n) is 1.52. The van der Waals surface area contributed by atoms with Gasteiger partial charge >= 0.3 is 0 Å². The highest BCUT2D eigenvalue weighted by atomic mass is 16.1. The lowest BCUT2D eigenvalue weighted by molar-refractivity contribution is -0.118. The van der Waals surface area contributed by atoms with Crippen molar-refractivity contribution in [1.29, 1.82) is 5.26 Å². The third-order valence-electron chi connectivity index (χ3n) is 2.57. The number of nitrogens with zero attached hydrogens (tertiary/aromatic N) is 1. The maximum Gasteiger partial charge on any atom is 0.247 e. The van der Waals surface area contributed by atoms with Gasteiger partial charge in [0.15, 0.2) is 0 Å². The zero-order valence-electron chi connectivity index (χ0n) is 11.9. The maximum atomic E-state index is 11.9. The Morgan fingerprint density at radius 1 is 1.32 bits per heavy atom. The number of hydrogen-bond acceptors (Lipinski definition) is 2. The van der Waals surface area contributed by atoms with Gasteiger partial charge in [-0.2, -0.15) is 5.26 Å². The molecular formula is C16H20N2O. The molecule has 1 N–H and O–H groups in total. The molecule has 1 aromatic rings. The summed E-state index contributed by atoms with van der Waals surface area (Å²) in [5, 5.41) is 11.6. The van der Waals surface area contributed by atoms with E-state index in [2.05, 4.69) is 11.4 Å². The molecule has 3 nitrogen and oxygen atoms in total. The minimum Gasteiger partial charge on any atom is -0.348 e. The molecule has 0 fully saturated rings. The van der Waals surface area contributed by atoms with E-state index in [4.69, 9.17) is 5.26 Å². The van der Waals surface area contributed by atoms with Crippen LogP contribution in [0.15, 0.2) is 35.9 Å². The van der Waals surface area contributed by atoms with E-state index in [9.17, 15) is 4.79 Å². The van der Waals surface area contributed by atoms with Crippen molar-refractivity contribution in [2.45, 2.75) is 39.7 Å². The summed E-state index contributed by atoms with van der Waals surface area (Å²) in [5.41, 5.74) is 2.22. The number of carbonyl (C=O) groups is 1. The normalized spacial score (nSPS) is 11.8. The number of nitrogens with one attached hydrogen (secondary N) is 1. The highest BCUT2D eigenvalue weighted by molar-refractivity contribution is 5.93. The van der Waals surface area contributed by atoms with E-state index in [0.717, 1.165) is 5.56 Å². The van der Waals surface area contributed by atoms with Gasteiger partial charge in [-0.15, -0.1) is 0 Å². The second-order valence-electron chi connectivity index (χ2n) is 5.60. The average molecular weight is 256 g/mol. The topological polar surface area (TPSA) is 52.9 Å². The summed E-state index contributed by atoms with van der Waals surface area (Å²) in [6.07, 6.45) is 2.59. The fourth-order valence-corrected chi connectivity index (χ4v) is 1.52. The Hall–Kier alpha value is -2.08. The molecule has 1 rings (SSSR count). The van der Waals surface area contributed by atoms with E-state index in [1.807, 2.05) is 45.9 Å². The molecule has 0 heterocycles. The number of benzene rings is 1. The zero-order chi connectivity index (χ0) is 14.5. The SMILES string of the molecule is C/C(=C\Cc1ccc(C#N)cc1)C(=O)NC(C)(C)C. The molecule has 0 unspecified atom stereocenters. The van der Waals surface area contributed by atoms with Crippen LogP contribution in [0.4, 0.5) is 0 Å². The van der Waals surface area contributed by atoms with E-state index in [1.165, 1.54) is 0 Å². The van der Waals surface area contributed by atoms with Gasteiger partial charge in [-0.3, -0.25) is 4.79 Å². The van der Waals surface area contributed by atoms with Crippen molar-refractivity contribution in [3.63, 3.8) is 0 Å². The van der Waals surface area contributed by atoms with Crippen LogP contribution in [-0.2, 0) is 11.2 Å². The number of carbonyl (C=O) groups excluding carboxylic acids is 1. The fraction of sp³-hybridized carbons (Fsp3) is 0.375. The van der Waals surface area contributed by atoms with Crippen molar-refractivity contribution >= 4 is 5.91 Å². The number of rotatable bonds is 3. The maximum absolute atomic E-state index is 11.9. The monoisotopic (exact) mass is 256 g/mol. The number of hydrogen-bond donors (Lipinski definition) is 1. The second kappa shape index (κ2) is 6.19. The van der Waals surface area contributed by atoms with Crippen molar-refractivity contribution in [3.8, 4) is 6.07 Å². The molecule has 19 heavy (non-hydrogen) atoms. The Bertz CT molecular complexity index is 513. The predicted molar refractivity (Wildman–Crippen MR) is 76.5 cm³/mol. The minimum atomic E-state index is -0.222. The molecule has 0 aromatic heterocycles. The summed E-state index contributed by atoms with van der Waals surface area (Å²) in [5.74, 6) is -0.0406. The molecular weight excluding hydrogens is 236 g/mol. The molecule has 0 aliphatic rings. The summed E-state index contributed by atoms with van der Waals surface area (Å²) >= 11 is 0. The van der Waals surface area contributed by atoms with Gasteiger partial charge in [0.05, 0.1) is 11.6 Å². The third kappa shape index (κ3) is 5.39. The van der Waals surface area contributed by atoms with Crippen molar-refractivity contribution in [3.05, 3.63) is 47.0 Å². The second-order valence-corrected chi connectivity index (χ2v) is 5.60. The Morgan fingerprint density at radius 3 is 2.37 bits per heavy atom. The Morgan fingerprint density at radius 2 is 1.89 bits per heavy atom. The molecule has 1 amide bonds. The van der Waals surface area contributed by atoms with E-state index in [0.29, 0.717) is 17.6 Å². The summed E-state index contributed by atoms with van der Waals surface area (Å²) < 4.78 is 0. The van der Waals surface area contributed by atoms with Gasteiger partial charge in [0.2, 0.25) is 5.91 Å². The van der Waals surface area contributed by atoms with Gasteiger partial charge in [0.1, 0.15) is 0 Å². The highest BCUT2D eigenvalue weighted by Gasteiger charge is 2.14. The van der Waals surface area contributed by atoms with Gasteiger partial charge in [0, 0.05) is 11.1 Å². The third-order valence-corrected chi connectivity index (χ3v) is 2.57. The van der Waals surface area contributed by atoms with Crippen LogP contribution in [0.3, 0.4) is 0 Å². The molecule has 0 bridgehead atoms. The van der Waals surface area contributed by atoms with Gasteiger partial charge < -0.3 is 5.32 Å². The van der Waals surface area contributed by atoms with Crippen LogP contribution in [0.1, 0.15) is 38.8 Å². The van der Waals surface area contributed by atoms with Crippen LogP contribution in [0.25, 0.3) is 0 Å². The Labute approximate surface area is 114 Å². The Kier molecular flexibility index (Phi) is 4.88. The van der Waals surface area contributed by atoms with Crippen LogP contribution in [-0.4, -0.2) is 11.4 Å². The number of amides is 1. The summed E-state index contributed by atoms with van der Waals surface area (Å²) in [6.45, 7) is 7.68. The first-order valence-electron chi connectivity index (χ1n) is 6.30. The molecule has 0 saturated carbocycles. The summed E-state index contributed by atoms with van der Waals surface area (Å²) in [7, 11) is 0. The predicted octanol–water partition coefficient (Wildman–Crippen LogP) is 2.96. The van der Waals surface area contributed by atoms with Crippen LogP contribution >= 0.6 is 0 Å². The highest BCUT2D eigenvalue weighted by Crippen LogP contribution is 2.07. The minimum absolute atomic E-state index is 0.0406. The standard InChI is InChI=1S/C16H20N2O/c1-12(15(19)18-16(2,3)4)5-6-13-7-9-14(11-17)10-8-13/h5,7-10H,6H2,1-4H3,(H,18,19)/b12-5+. The van der Waals surface area contributed by atoms with Gasteiger partial charge in [0.25, 0.3) is 0 Å². The van der Waals surface area contributed by atoms with Crippen molar-refractivity contribution in [2.75, 3.05) is 0 Å². The molecule has 100 valence electrons. The van der Waals surface area contributed by atoms with Crippen molar-refractivity contribution < 1.29 is 4.79 Å². The van der Waals surface area contributed by atoms with Crippen LogP contribution in [0.5, 0.6) is 0 Å². The summed E-state index contributed by atoms with van der Waals surface area (Å²) in [4.78, 5) is 11.9. The van der Waals surface area contributed by atoms with E-state index in [-0.39, 0.29) is 11.4 Å². The lowest BCUT2D eigenvalue weighted by Crippen LogP contribution is -2.41. The molecule has 0 atom stereocenters. The van der Waals surface area contributed by atoms with Crippen LogP contribution < -0.4 is 5.32 Å². The van der Waals surface area contributed by atoms with Gasteiger partial charge in [-0.05, 0) is 51.8 Å². The molecule has 0 aliphatic heterocycles. The number of nitriles is 1. The van der Waals surface area contributed by atoms with Crippen molar-refractivity contribution in [1.82, 2.24) is 5.32 Å². The molecule has 0 saturated heterocycles. The molecule has 0 aliphatic carbocycles. The summed E-state index contributed by atoms with van der Waals surface area (Å²) in [6, 6.07) is 9.47. The molecule has 1 aromatic carbocycles. The lowest BCUT2D eigenvalue weighted by atomic mass is 10.1. The lowest BCUT2D eigenvalue weighted by Gasteiger charge is -2.20. The number of allylic oxidation sites excluding steroid dienone is 1. The quantitative estimate of drug-likeness (QED) is 0.845. The van der Waals surface area contributed by atoms with E-state index >= 15 is 0 Å². The van der Waals surface area contributed by atoms with E-state index < -0.39 is 0 Å². The van der Waals surface area contributed by atoms with Gasteiger partial charge in [-0.1, -0.05) is 18.2 Å². The van der Waals surface area contributed by atoms with Crippen LogP contribution in [0, 0.1) is 11.3 Å². The van der Waals surface area contributed by atoms with E-state index in [1.54, 1.807) is 12.1 Å². The first-order chi connectivity index (χ1) is 8.81. The molecule has 0 spiro atoms. The van der Waals surface area contributed by atoms with Gasteiger partial charge in [-0.25, -0.2) is 0 Å². The molecule has 0 radical (unpaired) electrons. The first-order valence-corrected chi connectivity index (χ1v) is 6.30. The molecule has 3 heteroatoms. The van der Waals surface area contributed by atoms with Crippen LogP contribution in [0.2, 0.25) is 0 Å².